The monoisotopic (exact) mass is 411 g/mol. The highest BCUT2D eigenvalue weighted by atomic mass is 16.1. The summed E-state index contributed by atoms with van der Waals surface area (Å²) in [6, 6.07) is 19.8. The van der Waals surface area contributed by atoms with E-state index in [4.69, 9.17) is 5.73 Å². The first-order chi connectivity index (χ1) is 15.2. The highest BCUT2D eigenvalue weighted by Gasteiger charge is 2.23. The Kier molecular flexibility index (Phi) is 5.22. The summed E-state index contributed by atoms with van der Waals surface area (Å²) in [5.41, 5.74) is 11.9. The van der Waals surface area contributed by atoms with Gasteiger partial charge in [0.25, 0.3) is 0 Å². The highest BCUT2D eigenvalue weighted by Crippen LogP contribution is 2.36. The first-order valence-corrected chi connectivity index (χ1v) is 10.7. The number of hydrogen-bond donors (Lipinski definition) is 2. The lowest BCUT2D eigenvalue weighted by atomic mass is 9.93. The number of rotatable bonds is 5. The van der Waals surface area contributed by atoms with Crippen molar-refractivity contribution in [3.05, 3.63) is 83.8 Å². The number of aromatic nitrogens is 3. The Morgan fingerprint density at radius 1 is 1.06 bits per heavy atom. The van der Waals surface area contributed by atoms with Crippen LogP contribution in [0.25, 0.3) is 16.6 Å². The summed E-state index contributed by atoms with van der Waals surface area (Å²) in [5, 5.41) is 7.93. The Balaban J connectivity index is 1.55. The van der Waals surface area contributed by atoms with E-state index in [1.807, 2.05) is 59.1 Å². The zero-order valence-corrected chi connectivity index (χ0v) is 17.3. The third kappa shape index (κ3) is 3.82. The molecule has 2 aromatic heterocycles. The van der Waals surface area contributed by atoms with Gasteiger partial charge in [0.1, 0.15) is 11.8 Å². The molecule has 156 valence electrons. The van der Waals surface area contributed by atoms with Gasteiger partial charge in [-0.1, -0.05) is 48.5 Å². The average Bonchev–Trinajstić information content (AvgIpc) is 3.21. The number of Topliss-reactive ketones (excluding diaryl/α,β-unsaturated/α-hetero) is 1. The van der Waals surface area contributed by atoms with Crippen LogP contribution in [-0.4, -0.2) is 33.5 Å². The number of nitrogens with zero attached hydrogens (tertiary/aromatic N) is 3. The van der Waals surface area contributed by atoms with Crippen LogP contribution in [0.4, 0.5) is 5.82 Å². The molecule has 5 rings (SSSR count). The van der Waals surface area contributed by atoms with Crippen LogP contribution in [0.5, 0.6) is 0 Å². The van der Waals surface area contributed by atoms with E-state index in [2.05, 4.69) is 21.5 Å². The summed E-state index contributed by atoms with van der Waals surface area (Å²) in [7, 11) is 0. The molecule has 0 saturated carbocycles. The first kappa shape index (κ1) is 19.5. The predicted octanol–water partition coefficient (Wildman–Crippen LogP) is 3.87. The molecule has 6 heteroatoms. The molecule has 4 aromatic rings. The molecular weight excluding hydrogens is 386 g/mol. The molecule has 0 bridgehead atoms. The van der Waals surface area contributed by atoms with Crippen LogP contribution >= 0.6 is 0 Å². The molecule has 31 heavy (non-hydrogen) atoms. The normalized spacial score (nSPS) is 14.7. The Bertz CT molecular complexity index is 1230. The second-order valence-electron chi connectivity index (χ2n) is 8.08. The summed E-state index contributed by atoms with van der Waals surface area (Å²) < 4.78 is 1.94. The Morgan fingerprint density at radius 3 is 2.68 bits per heavy atom. The Labute approximate surface area is 181 Å². The van der Waals surface area contributed by atoms with Crippen molar-refractivity contribution in [2.24, 2.45) is 0 Å². The maximum atomic E-state index is 12.9. The molecule has 0 unspecified atom stereocenters. The number of nitrogens with one attached hydrogen (secondary N) is 1. The molecule has 0 atom stereocenters. The van der Waals surface area contributed by atoms with Crippen LogP contribution in [0.2, 0.25) is 0 Å². The van der Waals surface area contributed by atoms with E-state index in [1.54, 1.807) is 0 Å². The highest BCUT2D eigenvalue weighted by molar-refractivity contribution is 5.99. The lowest BCUT2D eigenvalue weighted by Gasteiger charge is -2.22. The van der Waals surface area contributed by atoms with Gasteiger partial charge in [0.15, 0.2) is 11.6 Å². The van der Waals surface area contributed by atoms with E-state index < -0.39 is 0 Å². The fourth-order valence-electron chi connectivity index (χ4n) is 4.46. The number of nitrogen functional groups attached to an aromatic ring is 1. The largest absolute Gasteiger partial charge is 0.382 e. The molecule has 3 N–H and O–H groups in total. The van der Waals surface area contributed by atoms with E-state index in [9.17, 15) is 4.79 Å². The third-order valence-corrected chi connectivity index (χ3v) is 6.07. The van der Waals surface area contributed by atoms with Gasteiger partial charge < -0.3 is 11.1 Å². The number of hydrogen-bond acceptors (Lipinski definition) is 5. The van der Waals surface area contributed by atoms with Crippen molar-refractivity contribution in [1.82, 2.24) is 19.9 Å². The van der Waals surface area contributed by atoms with Crippen LogP contribution < -0.4 is 11.1 Å². The van der Waals surface area contributed by atoms with Crippen molar-refractivity contribution in [2.45, 2.75) is 25.2 Å². The fraction of sp³-hybridized carbons (Fsp3) is 0.240. The van der Waals surface area contributed by atoms with Gasteiger partial charge in [-0.25, -0.2) is 9.50 Å². The topological polar surface area (TPSA) is 85.3 Å². The third-order valence-electron chi connectivity index (χ3n) is 6.07. The molecule has 2 aromatic carbocycles. The number of carbonyl (C=O) groups is 1. The number of nitrogens with two attached hydrogens (primary N) is 1. The van der Waals surface area contributed by atoms with Crippen LogP contribution in [0.1, 0.15) is 40.4 Å². The van der Waals surface area contributed by atoms with Crippen LogP contribution in [-0.2, 0) is 6.42 Å². The average molecular weight is 412 g/mol. The molecule has 1 fully saturated rings. The minimum Gasteiger partial charge on any atom is -0.382 e. The van der Waals surface area contributed by atoms with Gasteiger partial charge in [0.2, 0.25) is 0 Å². The minimum absolute atomic E-state index is 0.0966. The summed E-state index contributed by atoms with van der Waals surface area (Å²) >= 11 is 0. The number of benzene rings is 2. The van der Waals surface area contributed by atoms with Crippen LogP contribution in [0, 0.1) is 0 Å². The number of fused-ring (bicyclic) bond motifs is 1. The molecule has 1 saturated heterocycles. The smallest absolute Gasteiger partial charge is 0.167 e. The van der Waals surface area contributed by atoms with Crippen LogP contribution in [0.15, 0.2) is 67.0 Å². The molecule has 1 aliphatic heterocycles. The van der Waals surface area contributed by atoms with E-state index >= 15 is 0 Å². The number of anilines is 1. The SMILES string of the molecule is Nc1ncnn2c(C3CCNCC3)cc(-c3cccc(C(=O)Cc4ccccc4)c3)c12. The molecule has 6 nitrogen and oxygen atoms in total. The van der Waals surface area contributed by atoms with Gasteiger partial charge in [0.05, 0.1) is 0 Å². The molecule has 1 aliphatic rings. The van der Waals surface area contributed by atoms with E-state index in [1.165, 1.54) is 6.33 Å². The summed E-state index contributed by atoms with van der Waals surface area (Å²) in [4.78, 5) is 17.2. The Morgan fingerprint density at radius 2 is 1.87 bits per heavy atom. The first-order valence-electron chi connectivity index (χ1n) is 10.7. The second-order valence-corrected chi connectivity index (χ2v) is 8.08. The maximum Gasteiger partial charge on any atom is 0.167 e. The van der Waals surface area contributed by atoms with Crippen molar-refractivity contribution >= 4 is 17.1 Å². The van der Waals surface area contributed by atoms with Gasteiger partial charge in [-0.15, -0.1) is 0 Å². The van der Waals surface area contributed by atoms with Gasteiger partial charge in [-0.3, -0.25) is 4.79 Å². The lowest BCUT2D eigenvalue weighted by molar-refractivity contribution is 0.0993. The van der Waals surface area contributed by atoms with Crippen molar-refractivity contribution in [3.8, 4) is 11.1 Å². The number of piperidine rings is 1. The van der Waals surface area contributed by atoms with E-state index in [0.717, 1.165) is 53.8 Å². The van der Waals surface area contributed by atoms with Gasteiger partial charge in [-0.05, 0) is 49.2 Å². The second kappa shape index (κ2) is 8.32. The zero-order chi connectivity index (χ0) is 21.2. The maximum absolute atomic E-state index is 12.9. The summed E-state index contributed by atoms with van der Waals surface area (Å²) in [6.45, 7) is 1.99. The quantitative estimate of drug-likeness (QED) is 0.487. The molecule has 0 radical (unpaired) electrons. The molecule has 3 heterocycles. The van der Waals surface area contributed by atoms with Crippen molar-refractivity contribution < 1.29 is 4.79 Å². The van der Waals surface area contributed by atoms with E-state index in [-0.39, 0.29) is 5.78 Å². The Hall–Kier alpha value is -3.51. The standard InChI is InChI=1S/C25H25N5O/c26-25-24-21(15-22(30(24)29-16-28-25)18-9-11-27-12-10-18)19-7-4-8-20(14-19)23(31)13-17-5-2-1-3-6-17/h1-8,14-16,18,27H,9-13H2,(H2,26,28,29). The summed E-state index contributed by atoms with van der Waals surface area (Å²) in [6.07, 6.45) is 4.01. The van der Waals surface area contributed by atoms with Crippen molar-refractivity contribution in [3.63, 3.8) is 0 Å². The van der Waals surface area contributed by atoms with Crippen molar-refractivity contribution in [2.75, 3.05) is 18.8 Å². The number of ketones is 1. The van der Waals surface area contributed by atoms with Crippen molar-refractivity contribution in [1.29, 1.82) is 0 Å². The van der Waals surface area contributed by atoms with Gasteiger partial charge in [-0.2, -0.15) is 5.10 Å². The van der Waals surface area contributed by atoms with Gasteiger partial charge >= 0.3 is 0 Å². The van der Waals surface area contributed by atoms with Crippen LogP contribution in [0.3, 0.4) is 0 Å². The van der Waals surface area contributed by atoms with E-state index in [0.29, 0.717) is 23.7 Å². The zero-order valence-electron chi connectivity index (χ0n) is 17.3. The minimum atomic E-state index is 0.0966. The fourth-order valence-corrected chi connectivity index (χ4v) is 4.46. The lowest BCUT2D eigenvalue weighted by Crippen LogP contribution is -2.27. The molecule has 0 spiro atoms. The number of carbonyl (C=O) groups excluding carboxylic acids is 1. The predicted molar refractivity (Wildman–Crippen MR) is 122 cm³/mol. The molecule has 0 aliphatic carbocycles. The van der Waals surface area contributed by atoms with Gasteiger partial charge in [0, 0.05) is 29.2 Å². The molecular formula is C25H25N5O. The molecule has 0 amide bonds. The summed E-state index contributed by atoms with van der Waals surface area (Å²) in [5.74, 6) is 0.963.